The summed E-state index contributed by atoms with van der Waals surface area (Å²) >= 11 is 0. The zero-order chi connectivity index (χ0) is 11.7. The maximum absolute atomic E-state index is 5.51. The quantitative estimate of drug-likeness (QED) is 0.728. The first-order chi connectivity index (χ1) is 8.38. The highest BCUT2D eigenvalue weighted by atomic mass is 16.5. The van der Waals surface area contributed by atoms with Gasteiger partial charge in [0.25, 0.3) is 0 Å². The van der Waals surface area contributed by atoms with Crippen LogP contribution in [0.2, 0.25) is 0 Å². The Morgan fingerprint density at radius 3 is 2.65 bits per heavy atom. The third kappa shape index (κ3) is 2.38. The monoisotopic (exact) mass is 238 g/mol. The van der Waals surface area contributed by atoms with Crippen LogP contribution in [0.5, 0.6) is 0 Å². The molecule has 0 radical (unpaired) electrons. The van der Waals surface area contributed by atoms with Crippen LogP contribution < -0.4 is 0 Å². The Balaban J connectivity index is 1.67. The third-order valence-electron chi connectivity index (χ3n) is 4.97. The highest BCUT2D eigenvalue weighted by Crippen LogP contribution is 2.29. The minimum atomic E-state index is 0.799. The topological polar surface area (TPSA) is 15.7 Å². The molecule has 0 aromatic carbocycles. The van der Waals surface area contributed by atoms with Gasteiger partial charge in [0.1, 0.15) is 0 Å². The van der Waals surface area contributed by atoms with E-state index in [9.17, 15) is 0 Å². The van der Waals surface area contributed by atoms with Crippen molar-refractivity contribution in [1.29, 1.82) is 0 Å². The molecule has 0 aliphatic carbocycles. The van der Waals surface area contributed by atoms with Crippen LogP contribution in [0.15, 0.2) is 0 Å². The molecule has 3 nitrogen and oxygen atoms in total. The third-order valence-corrected chi connectivity index (χ3v) is 4.97. The van der Waals surface area contributed by atoms with Crippen LogP contribution in [0.4, 0.5) is 0 Å². The van der Waals surface area contributed by atoms with E-state index in [1.54, 1.807) is 0 Å². The van der Waals surface area contributed by atoms with Crippen molar-refractivity contribution in [2.45, 2.75) is 57.2 Å². The van der Waals surface area contributed by atoms with Crippen molar-refractivity contribution < 1.29 is 4.74 Å². The molecule has 0 spiro atoms. The van der Waals surface area contributed by atoms with Crippen LogP contribution in [-0.4, -0.2) is 60.8 Å². The van der Waals surface area contributed by atoms with E-state index in [-0.39, 0.29) is 0 Å². The maximum Gasteiger partial charge on any atom is 0.0480 e. The van der Waals surface area contributed by atoms with Gasteiger partial charge in [-0.1, -0.05) is 6.92 Å². The number of nitrogens with zero attached hydrogens (tertiary/aromatic N) is 2. The second-order valence-electron chi connectivity index (χ2n) is 5.89. The summed E-state index contributed by atoms with van der Waals surface area (Å²) < 4.78 is 5.51. The fourth-order valence-corrected chi connectivity index (χ4v) is 3.94. The molecule has 3 aliphatic heterocycles. The Morgan fingerprint density at radius 1 is 1.06 bits per heavy atom. The average molecular weight is 238 g/mol. The van der Waals surface area contributed by atoms with Crippen molar-refractivity contribution in [2.75, 3.05) is 32.8 Å². The molecular formula is C14H26N2O. The maximum atomic E-state index is 5.51. The van der Waals surface area contributed by atoms with Gasteiger partial charge in [0.05, 0.1) is 0 Å². The Kier molecular flexibility index (Phi) is 3.69. The Hall–Kier alpha value is -0.120. The van der Waals surface area contributed by atoms with Gasteiger partial charge in [0, 0.05) is 44.4 Å². The van der Waals surface area contributed by atoms with E-state index in [1.807, 2.05) is 0 Å². The summed E-state index contributed by atoms with van der Waals surface area (Å²) in [5.41, 5.74) is 0. The molecule has 0 aromatic rings. The first-order valence-electron chi connectivity index (χ1n) is 7.46. The predicted octanol–water partition coefficient (Wildman–Crippen LogP) is 1.72. The second-order valence-corrected chi connectivity index (χ2v) is 5.89. The molecule has 0 saturated carbocycles. The molecule has 3 heteroatoms. The van der Waals surface area contributed by atoms with Gasteiger partial charge < -0.3 is 4.74 Å². The van der Waals surface area contributed by atoms with E-state index in [4.69, 9.17) is 4.74 Å². The minimum Gasteiger partial charge on any atom is -0.381 e. The second kappa shape index (κ2) is 5.25. The lowest BCUT2D eigenvalue weighted by Gasteiger charge is -2.48. The lowest BCUT2D eigenvalue weighted by molar-refractivity contribution is -0.0268. The smallest absolute Gasteiger partial charge is 0.0480 e. The summed E-state index contributed by atoms with van der Waals surface area (Å²) in [5, 5.41) is 0. The molecule has 0 bridgehead atoms. The molecule has 3 heterocycles. The fraction of sp³-hybridized carbons (Fsp3) is 1.00. The van der Waals surface area contributed by atoms with Gasteiger partial charge in [-0.15, -0.1) is 0 Å². The van der Waals surface area contributed by atoms with Gasteiger partial charge in [-0.3, -0.25) is 9.80 Å². The van der Waals surface area contributed by atoms with Crippen molar-refractivity contribution in [2.24, 2.45) is 0 Å². The van der Waals surface area contributed by atoms with E-state index in [1.165, 1.54) is 51.7 Å². The summed E-state index contributed by atoms with van der Waals surface area (Å²) in [4.78, 5) is 5.57. The van der Waals surface area contributed by atoms with E-state index in [2.05, 4.69) is 16.7 Å². The standard InChI is InChI=1S/C14H26N2O/c1-2-12-10-15-7-3-4-14(15)11-16(12)13-5-8-17-9-6-13/h12-14H,2-11H2,1H3. The summed E-state index contributed by atoms with van der Waals surface area (Å²) in [5.74, 6) is 0. The van der Waals surface area contributed by atoms with Crippen molar-refractivity contribution in [3.63, 3.8) is 0 Å². The lowest BCUT2D eigenvalue weighted by atomic mass is 9.98. The van der Waals surface area contributed by atoms with Gasteiger partial charge in [-0.05, 0) is 38.6 Å². The first-order valence-corrected chi connectivity index (χ1v) is 7.46. The molecule has 0 N–H and O–H groups in total. The van der Waals surface area contributed by atoms with E-state index < -0.39 is 0 Å². The van der Waals surface area contributed by atoms with Gasteiger partial charge in [0.2, 0.25) is 0 Å². The number of fused-ring (bicyclic) bond motifs is 1. The zero-order valence-electron chi connectivity index (χ0n) is 11.1. The van der Waals surface area contributed by atoms with E-state index in [0.717, 1.165) is 31.3 Å². The Morgan fingerprint density at radius 2 is 1.88 bits per heavy atom. The van der Waals surface area contributed by atoms with Crippen LogP contribution in [-0.2, 0) is 4.74 Å². The highest BCUT2D eigenvalue weighted by Gasteiger charge is 2.38. The first kappa shape index (κ1) is 11.9. The Bertz CT molecular complexity index is 253. The fourth-order valence-electron chi connectivity index (χ4n) is 3.94. The van der Waals surface area contributed by atoms with Crippen molar-refractivity contribution >= 4 is 0 Å². The van der Waals surface area contributed by atoms with E-state index >= 15 is 0 Å². The van der Waals surface area contributed by atoms with Crippen molar-refractivity contribution in [3.8, 4) is 0 Å². The summed E-state index contributed by atoms with van der Waals surface area (Å²) in [6, 6.07) is 2.46. The molecule has 2 unspecified atom stereocenters. The number of hydrogen-bond acceptors (Lipinski definition) is 3. The van der Waals surface area contributed by atoms with Crippen LogP contribution in [0.25, 0.3) is 0 Å². The number of hydrogen-bond donors (Lipinski definition) is 0. The van der Waals surface area contributed by atoms with Gasteiger partial charge in [-0.2, -0.15) is 0 Å². The van der Waals surface area contributed by atoms with Crippen LogP contribution in [0.3, 0.4) is 0 Å². The SMILES string of the molecule is CCC1CN2CCCC2CN1C1CCOCC1. The van der Waals surface area contributed by atoms with Crippen LogP contribution in [0, 0.1) is 0 Å². The predicted molar refractivity (Wildman–Crippen MR) is 69.2 cm³/mol. The van der Waals surface area contributed by atoms with Crippen LogP contribution in [0.1, 0.15) is 39.0 Å². The lowest BCUT2D eigenvalue weighted by Crippen LogP contribution is -2.59. The zero-order valence-corrected chi connectivity index (χ0v) is 11.1. The molecule has 3 fully saturated rings. The van der Waals surface area contributed by atoms with Gasteiger partial charge in [0.15, 0.2) is 0 Å². The average Bonchev–Trinajstić information content (AvgIpc) is 2.85. The molecule has 3 aliphatic rings. The largest absolute Gasteiger partial charge is 0.381 e. The number of ether oxygens (including phenoxy) is 1. The molecule has 0 amide bonds. The summed E-state index contributed by atoms with van der Waals surface area (Å²) in [6.07, 6.45) is 6.66. The number of piperazine rings is 1. The van der Waals surface area contributed by atoms with Crippen molar-refractivity contribution in [3.05, 3.63) is 0 Å². The molecule has 98 valence electrons. The minimum absolute atomic E-state index is 0.799. The normalized spacial score (nSPS) is 37.2. The summed E-state index contributed by atoms with van der Waals surface area (Å²) in [7, 11) is 0. The Labute approximate surface area is 105 Å². The number of rotatable bonds is 2. The molecule has 0 aromatic heterocycles. The van der Waals surface area contributed by atoms with Gasteiger partial charge in [-0.25, -0.2) is 0 Å². The molecule has 17 heavy (non-hydrogen) atoms. The summed E-state index contributed by atoms with van der Waals surface area (Å²) in [6.45, 7) is 8.30. The molecule has 3 rings (SSSR count). The molecular weight excluding hydrogens is 212 g/mol. The molecule has 2 atom stereocenters. The van der Waals surface area contributed by atoms with Gasteiger partial charge >= 0.3 is 0 Å². The highest BCUT2D eigenvalue weighted by molar-refractivity contribution is 4.94. The van der Waals surface area contributed by atoms with E-state index in [0.29, 0.717) is 0 Å². The van der Waals surface area contributed by atoms with Crippen LogP contribution >= 0.6 is 0 Å². The molecule has 3 saturated heterocycles. The van der Waals surface area contributed by atoms with Crippen molar-refractivity contribution in [1.82, 2.24) is 9.80 Å².